The monoisotopic (exact) mass is 543 g/mol. The Hall–Kier alpha value is -4.01. The molecule has 0 unspecified atom stereocenters. The van der Waals surface area contributed by atoms with Gasteiger partial charge in [-0.25, -0.2) is 9.97 Å². The molecule has 1 aliphatic rings. The minimum absolute atomic E-state index is 0.203. The van der Waals surface area contributed by atoms with Crippen molar-refractivity contribution >= 4 is 45.8 Å². The van der Waals surface area contributed by atoms with Crippen molar-refractivity contribution in [3.8, 4) is 11.4 Å². The molecule has 0 spiro atoms. The van der Waals surface area contributed by atoms with E-state index in [-0.39, 0.29) is 25.0 Å². The summed E-state index contributed by atoms with van der Waals surface area (Å²) in [6.45, 7) is 5.15. The first-order valence-electron chi connectivity index (χ1n) is 12.9. The number of hydrogen-bond acceptors (Lipinski definition) is 6. The van der Waals surface area contributed by atoms with Crippen LogP contribution in [0.1, 0.15) is 36.2 Å². The molecule has 1 aromatic heterocycles. The fraction of sp³-hybridized carbons (Fsp3) is 0.267. The SMILES string of the molecule is CC(C)(CO)C(=O)NCc1ccc(Cl)c(C(=O)Nc2ccc3c(N4CCC4)nc(-c4ccccc4)nc3c2)c1. The molecule has 0 bridgehead atoms. The molecule has 200 valence electrons. The molecule has 1 saturated heterocycles. The van der Waals surface area contributed by atoms with E-state index in [9.17, 15) is 14.7 Å². The lowest BCUT2D eigenvalue weighted by atomic mass is 9.93. The summed E-state index contributed by atoms with van der Waals surface area (Å²) in [5.74, 6) is 0.876. The highest BCUT2D eigenvalue weighted by molar-refractivity contribution is 6.34. The van der Waals surface area contributed by atoms with E-state index in [2.05, 4.69) is 15.5 Å². The summed E-state index contributed by atoms with van der Waals surface area (Å²) in [6.07, 6.45) is 1.13. The van der Waals surface area contributed by atoms with Crippen LogP contribution in [0, 0.1) is 5.41 Å². The van der Waals surface area contributed by atoms with Crippen molar-refractivity contribution in [3.63, 3.8) is 0 Å². The Labute approximate surface area is 232 Å². The van der Waals surface area contributed by atoms with Crippen LogP contribution in [0.2, 0.25) is 5.02 Å². The van der Waals surface area contributed by atoms with Crippen LogP contribution in [-0.4, -0.2) is 46.6 Å². The molecule has 2 heterocycles. The molecule has 2 amide bonds. The molecule has 0 saturated carbocycles. The maximum atomic E-state index is 13.2. The van der Waals surface area contributed by atoms with Crippen molar-refractivity contribution in [1.82, 2.24) is 15.3 Å². The molecule has 39 heavy (non-hydrogen) atoms. The van der Waals surface area contributed by atoms with Crippen LogP contribution < -0.4 is 15.5 Å². The smallest absolute Gasteiger partial charge is 0.257 e. The number of amides is 2. The summed E-state index contributed by atoms with van der Waals surface area (Å²) in [7, 11) is 0. The number of aromatic nitrogens is 2. The lowest BCUT2D eigenvalue weighted by Crippen LogP contribution is -2.38. The Kier molecular flexibility index (Phi) is 7.50. The summed E-state index contributed by atoms with van der Waals surface area (Å²) in [5, 5.41) is 16.4. The first-order chi connectivity index (χ1) is 18.7. The van der Waals surface area contributed by atoms with E-state index in [1.807, 2.05) is 48.5 Å². The van der Waals surface area contributed by atoms with Gasteiger partial charge < -0.3 is 20.6 Å². The number of anilines is 2. The van der Waals surface area contributed by atoms with Crippen molar-refractivity contribution in [2.45, 2.75) is 26.8 Å². The third kappa shape index (κ3) is 5.72. The topological polar surface area (TPSA) is 107 Å². The van der Waals surface area contributed by atoms with E-state index in [0.29, 0.717) is 27.7 Å². The molecule has 3 aromatic carbocycles. The van der Waals surface area contributed by atoms with Crippen molar-refractivity contribution in [1.29, 1.82) is 0 Å². The number of nitrogens with zero attached hydrogens (tertiary/aromatic N) is 3. The highest BCUT2D eigenvalue weighted by Gasteiger charge is 2.26. The molecule has 0 atom stereocenters. The molecule has 3 N–H and O–H groups in total. The molecule has 4 aromatic rings. The van der Waals surface area contributed by atoms with Gasteiger partial charge in [-0.15, -0.1) is 0 Å². The van der Waals surface area contributed by atoms with Gasteiger partial charge >= 0.3 is 0 Å². The summed E-state index contributed by atoms with van der Waals surface area (Å²) in [6, 6.07) is 20.5. The Morgan fingerprint density at radius 3 is 2.49 bits per heavy atom. The number of carbonyl (C=O) groups is 2. The van der Waals surface area contributed by atoms with Gasteiger partial charge in [-0.05, 0) is 56.2 Å². The maximum Gasteiger partial charge on any atom is 0.257 e. The summed E-state index contributed by atoms with van der Waals surface area (Å²) in [5.41, 5.74) is 2.34. The number of hydrogen-bond donors (Lipinski definition) is 3. The van der Waals surface area contributed by atoms with E-state index in [1.54, 1.807) is 32.0 Å². The standard InChI is InChI=1S/C30H30ClN5O3/c1-30(2,18-37)29(39)32-17-19-9-12-24(31)23(15-19)28(38)33-21-10-11-22-25(16-21)34-26(20-7-4-3-5-8-20)35-27(22)36-13-6-14-36/h3-5,7-12,15-16,37H,6,13-14,17-18H2,1-2H3,(H,32,39)(H,33,38). The Bertz CT molecular complexity index is 1540. The maximum absolute atomic E-state index is 13.2. The zero-order valence-corrected chi connectivity index (χ0v) is 22.6. The lowest BCUT2D eigenvalue weighted by molar-refractivity contribution is -0.131. The number of halogens is 1. The van der Waals surface area contributed by atoms with Gasteiger partial charge in [0.25, 0.3) is 5.91 Å². The Morgan fingerprint density at radius 2 is 1.79 bits per heavy atom. The number of rotatable bonds is 8. The van der Waals surface area contributed by atoms with Gasteiger partial charge in [0.05, 0.1) is 28.1 Å². The zero-order chi connectivity index (χ0) is 27.6. The largest absolute Gasteiger partial charge is 0.395 e. The number of aliphatic hydroxyl groups excluding tert-OH is 1. The second kappa shape index (κ2) is 11.0. The predicted octanol–water partition coefficient (Wildman–Crippen LogP) is 5.05. The third-order valence-corrected chi connectivity index (χ3v) is 7.19. The molecular weight excluding hydrogens is 514 g/mol. The van der Waals surface area contributed by atoms with Crippen LogP contribution in [-0.2, 0) is 11.3 Å². The highest BCUT2D eigenvalue weighted by atomic mass is 35.5. The van der Waals surface area contributed by atoms with E-state index >= 15 is 0 Å². The fourth-order valence-electron chi connectivity index (χ4n) is 4.22. The molecular formula is C30H30ClN5O3. The molecule has 1 aliphatic heterocycles. The molecule has 9 heteroatoms. The average molecular weight is 544 g/mol. The van der Waals surface area contributed by atoms with Gasteiger partial charge in [-0.3, -0.25) is 9.59 Å². The van der Waals surface area contributed by atoms with Gasteiger partial charge in [0, 0.05) is 36.3 Å². The summed E-state index contributed by atoms with van der Waals surface area (Å²) < 4.78 is 0. The van der Waals surface area contributed by atoms with Crippen LogP contribution in [0.5, 0.6) is 0 Å². The lowest BCUT2D eigenvalue weighted by Gasteiger charge is -2.33. The van der Waals surface area contributed by atoms with E-state index < -0.39 is 5.41 Å². The molecule has 5 rings (SSSR count). The van der Waals surface area contributed by atoms with Crippen molar-refractivity contribution in [3.05, 3.63) is 82.9 Å². The molecule has 0 aliphatic carbocycles. The zero-order valence-electron chi connectivity index (χ0n) is 21.9. The van der Waals surface area contributed by atoms with E-state index in [4.69, 9.17) is 21.6 Å². The number of benzene rings is 3. The molecule has 8 nitrogen and oxygen atoms in total. The van der Waals surface area contributed by atoms with Crippen LogP contribution >= 0.6 is 11.6 Å². The van der Waals surface area contributed by atoms with Gasteiger partial charge in [0.15, 0.2) is 5.82 Å². The van der Waals surface area contributed by atoms with E-state index in [1.165, 1.54) is 0 Å². The average Bonchev–Trinajstić information content (AvgIpc) is 2.91. The Morgan fingerprint density at radius 1 is 1.03 bits per heavy atom. The van der Waals surface area contributed by atoms with Gasteiger partial charge in [0.2, 0.25) is 5.91 Å². The van der Waals surface area contributed by atoms with Gasteiger partial charge in [-0.2, -0.15) is 0 Å². The number of aliphatic hydroxyl groups is 1. The summed E-state index contributed by atoms with van der Waals surface area (Å²) in [4.78, 5) is 37.5. The first-order valence-corrected chi connectivity index (χ1v) is 13.2. The molecule has 0 radical (unpaired) electrons. The van der Waals surface area contributed by atoms with Gasteiger partial charge in [-0.1, -0.05) is 48.0 Å². The summed E-state index contributed by atoms with van der Waals surface area (Å²) >= 11 is 6.37. The van der Waals surface area contributed by atoms with Crippen molar-refractivity contribution in [2.24, 2.45) is 5.41 Å². The highest BCUT2D eigenvalue weighted by Crippen LogP contribution is 2.32. The number of nitrogens with one attached hydrogen (secondary N) is 2. The van der Waals surface area contributed by atoms with Crippen LogP contribution in [0.25, 0.3) is 22.3 Å². The minimum atomic E-state index is -0.901. The number of carbonyl (C=O) groups excluding carboxylic acids is 2. The van der Waals surface area contributed by atoms with Crippen molar-refractivity contribution < 1.29 is 14.7 Å². The molecule has 1 fully saturated rings. The second-order valence-corrected chi connectivity index (χ2v) is 10.7. The minimum Gasteiger partial charge on any atom is -0.395 e. The second-order valence-electron chi connectivity index (χ2n) is 10.3. The first kappa shape index (κ1) is 26.6. The quantitative estimate of drug-likeness (QED) is 0.287. The Balaban J connectivity index is 1.40. The predicted molar refractivity (Wildman–Crippen MR) is 154 cm³/mol. The fourth-order valence-corrected chi connectivity index (χ4v) is 4.43. The van der Waals surface area contributed by atoms with Gasteiger partial charge in [0.1, 0.15) is 5.82 Å². The van der Waals surface area contributed by atoms with Crippen LogP contribution in [0.3, 0.4) is 0 Å². The van der Waals surface area contributed by atoms with Crippen LogP contribution in [0.4, 0.5) is 11.5 Å². The van der Waals surface area contributed by atoms with Crippen molar-refractivity contribution in [2.75, 3.05) is 29.9 Å². The third-order valence-electron chi connectivity index (χ3n) is 6.86. The number of fused-ring (bicyclic) bond motifs is 1. The normalized spacial score (nSPS) is 13.2. The van der Waals surface area contributed by atoms with Crippen LogP contribution in [0.15, 0.2) is 66.7 Å². The van der Waals surface area contributed by atoms with E-state index in [0.717, 1.165) is 41.8 Å².